The number of carboxylic acids is 1. The SMILES string of the molecule is N=C(N)c1ccc(OCC(=O)Nc2ccc(OCC(=O)N3CCOCC3)c(CCC(=O)O)c2)cc1. The molecule has 11 heteroatoms. The van der Waals surface area contributed by atoms with Gasteiger partial charge in [-0.2, -0.15) is 0 Å². The third kappa shape index (κ3) is 8.00. The van der Waals surface area contributed by atoms with Crippen LogP contribution >= 0.6 is 0 Å². The van der Waals surface area contributed by atoms with Crippen molar-refractivity contribution >= 4 is 29.3 Å². The van der Waals surface area contributed by atoms with Gasteiger partial charge in [0, 0.05) is 30.8 Å². The number of benzene rings is 2. The number of anilines is 1. The number of rotatable bonds is 11. The van der Waals surface area contributed by atoms with Gasteiger partial charge in [-0.05, 0) is 54.4 Å². The maximum Gasteiger partial charge on any atom is 0.303 e. The van der Waals surface area contributed by atoms with E-state index in [9.17, 15) is 14.4 Å². The number of carbonyl (C=O) groups is 3. The molecule has 1 aliphatic heterocycles. The topological polar surface area (TPSA) is 164 Å². The van der Waals surface area contributed by atoms with E-state index < -0.39 is 11.9 Å². The predicted molar refractivity (Wildman–Crippen MR) is 127 cm³/mol. The van der Waals surface area contributed by atoms with Crippen LogP contribution in [0.3, 0.4) is 0 Å². The summed E-state index contributed by atoms with van der Waals surface area (Å²) in [6.07, 6.45) is 0.0314. The molecule has 5 N–H and O–H groups in total. The normalized spacial score (nSPS) is 13.1. The lowest BCUT2D eigenvalue weighted by Crippen LogP contribution is -2.43. The van der Waals surface area contributed by atoms with Gasteiger partial charge in [-0.25, -0.2) is 0 Å². The fourth-order valence-electron chi connectivity index (χ4n) is 3.36. The van der Waals surface area contributed by atoms with Gasteiger partial charge in [-0.1, -0.05) is 0 Å². The van der Waals surface area contributed by atoms with Crippen LogP contribution in [0.1, 0.15) is 17.5 Å². The molecule has 1 heterocycles. The number of aliphatic carboxylic acids is 1. The number of carboxylic acid groups (broad SMARTS) is 1. The molecule has 0 unspecified atom stereocenters. The number of amides is 2. The van der Waals surface area contributed by atoms with E-state index in [0.29, 0.717) is 54.6 Å². The molecule has 1 saturated heterocycles. The van der Waals surface area contributed by atoms with E-state index >= 15 is 0 Å². The van der Waals surface area contributed by atoms with Crippen LogP contribution in [-0.2, 0) is 25.5 Å². The number of nitrogens with two attached hydrogens (primary N) is 1. The highest BCUT2D eigenvalue weighted by atomic mass is 16.5. The van der Waals surface area contributed by atoms with Crippen molar-refractivity contribution < 1.29 is 33.7 Å². The minimum atomic E-state index is -0.973. The minimum absolute atomic E-state index is 0.0640. The Hall–Kier alpha value is -4.12. The number of carbonyl (C=O) groups excluding carboxylic acids is 2. The molecular weight excluding hydrogens is 456 g/mol. The quantitative estimate of drug-likeness (QED) is 0.273. The Balaban J connectivity index is 1.59. The molecule has 186 valence electrons. The zero-order valence-electron chi connectivity index (χ0n) is 19.1. The maximum atomic E-state index is 12.4. The van der Waals surface area contributed by atoms with E-state index in [4.69, 9.17) is 30.5 Å². The number of hydrogen-bond acceptors (Lipinski definition) is 7. The second kappa shape index (κ2) is 12.4. The molecule has 2 amide bonds. The maximum absolute atomic E-state index is 12.4. The lowest BCUT2D eigenvalue weighted by Gasteiger charge is -2.26. The predicted octanol–water partition coefficient (Wildman–Crippen LogP) is 1.24. The number of amidine groups is 1. The first-order chi connectivity index (χ1) is 16.8. The molecule has 1 fully saturated rings. The zero-order valence-corrected chi connectivity index (χ0v) is 19.1. The van der Waals surface area contributed by atoms with Gasteiger partial charge in [0.15, 0.2) is 13.2 Å². The molecule has 0 bridgehead atoms. The second-order valence-corrected chi connectivity index (χ2v) is 7.77. The molecule has 3 rings (SSSR count). The summed E-state index contributed by atoms with van der Waals surface area (Å²) >= 11 is 0. The highest BCUT2D eigenvalue weighted by Crippen LogP contribution is 2.25. The number of ether oxygens (including phenoxy) is 3. The second-order valence-electron chi connectivity index (χ2n) is 7.77. The summed E-state index contributed by atoms with van der Waals surface area (Å²) in [6, 6.07) is 11.3. The van der Waals surface area contributed by atoms with E-state index in [2.05, 4.69) is 5.32 Å². The van der Waals surface area contributed by atoms with Crippen LogP contribution in [0.5, 0.6) is 11.5 Å². The Morgan fingerprint density at radius 3 is 2.43 bits per heavy atom. The summed E-state index contributed by atoms with van der Waals surface area (Å²) in [5.74, 6) is -0.803. The third-order valence-electron chi connectivity index (χ3n) is 5.20. The Morgan fingerprint density at radius 1 is 1.06 bits per heavy atom. The number of nitrogen functional groups attached to an aromatic ring is 1. The van der Waals surface area contributed by atoms with Crippen molar-refractivity contribution in [2.75, 3.05) is 44.8 Å². The summed E-state index contributed by atoms with van der Waals surface area (Å²) in [5, 5.41) is 19.2. The number of nitrogens with zero attached hydrogens (tertiary/aromatic N) is 1. The summed E-state index contributed by atoms with van der Waals surface area (Å²) < 4.78 is 16.4. The van der Waals surface area contributed by atoms with Crippen LogP contribution in [0.25, 0.3) is 0 Å². The molecule has 0 aromatic heterocycles. The fraction of sp³-hybridized carbons (Fsp3) is 0.333. The Bertz CT molecular complexity index is 1070. The van der Waals surface area contributed by atoms with Gasteiger partial charge in [0.25, 0.3) is 11.8 Å². The molecule has 0 spiro atoms. The van der Waals surface area contributed by atoms with Crippen molar-refractivity contribution in [3.63, 3.8) is 0 Å². The van der Waals surface area contributed by atoms with Gasteiger partial charge in [0.05, 0.1) is 13.2 Å². The minimum Gasteiger partial charge on any atom is -0.484 e. The van der Waals surface area contributed by atoms with Crippen molar-refractivity contribution in [2.24, 2.45) is 5.73 Å². The zero-order chi connectivity index (χ0) is 25.2. The smallest absolute Gasteiger partial charge is 0.303 e. The molecule has 2 aromatic rings. The molecule has 2 aromatic carbocycles. The van der Waals surface area contributed by atoms with Gasteiger partial charge in [-0.3, -0.25) is 19.8 Å². The monoisotopic (exact) mass is 484 g/mol. The van der Waals surface area contributed by atoms with E-state index in [1.54, 1.807) is 47.4 Å². The van der Waals surface area contributed by atoms with E-state index in [1.165, 1.54) is 0 Å². The molecule has 0 atom stereocenters. The molecule has 11 nitrogen and oxygen atoms in total. The third-order valence-corrected chi connectivity index (χ3v) is 5.20. The van der Waals surface area contributed by atoms with Gasteiger partial charge >= 0.3 is 5.97 Å². The molecule has 35 heavy (non-hydrogen) atoms. The summed E-state index contributed by atoms with van der Waals surface area (Å²) in [6.45, 7) is 1.54. The van der Waals surface area contributed by atoms with Crippen LogP contribution in [-0.4, -0.2) is 73.1 Å². The molecular formula is C24H28N4O7. The van der Waals surface area contributed by atoms with Crippen molar-refractivity contribution in [2.45, 2.75) is 12.8 Å². The molecule has 1 aliphatic rings. The van der Waals surface area contributed by atoms with Crippen molar-refractivity contribution in [3.05, 3.63) is 53.6 Å². The van der Waals surface area contributed by atoms with Crippen LogP contribution in [0.2, 0.25) is 0 Å². The van der Waals surface area contributed by atoms with E-state index in [-0.39, 0.29) is 37.8 Å². The fourth-order valence-corrected chi connectivity index (χ4v) is 3.36. The van der Waals surface area contributed by atoms with Crippen molar-refractivity contribution in [1.29, 1.82) is 5.41 Å². The van der Waals surface area contributed by atoms with Crippen LogP contribution < -0.4 is 20.5 Å². The standard InChI is InChI=1S/C24H28N4O7/c25-24(26)16-1-5-19(6-2-16)34-14-21(29)27-18-4-7-20(17(13-18)3-8-23(31)32)35-15-22(30)28-9-11-33-12-10-28/h1-2,4-7,13H,3,8-12,14-15H2,(H3,25,26)(H,27,29)(H,31,32). The number of hydrogen-bond donors (Lipinski definition) is 4. The molecule has 0 aliphatic carbocycles. The first-order valence-electron chi connectivity index (χ1n) is 11.0. The molecule has 0 radical (unpaired) electrons. The van der Waals surface area contributed by atoms with E-state index in [0.717, 1.165) is 0 Å². The van der Waals surface area contributed by atoms with Gasteiger partial charge < -0.3 is 35.3 Å². The van der Waals surface area contributed by atoms with Gasteiger partial charge in [-0.15, -0.1) is 0 Å². The lowest BCUT2D eigenvalue weighted by atomic mass is 10.1. The number of nitrogens with one attached hydrogen (secondary N) is 2. The average molecular weight is 485 g/mol. The molecule has 0 saturated carbocycles. The highest BCUT2D eigenvalue weighted by molar-refractivity contribution is 5.95. The van der Waals surface area contributed by atoms with E-state index in [1.807, 2.05) is 0 Å². The summed E-state index contributed by atoms with van der Waals surface area (Å²) in [4.78, 5) is 37.4. The largest absolute Gasteiger partial charge is 0.484 e. The van der Waals surface area contributed by atoms with Crippen LogP contribution in [0, 0.1) is 5.41 Å². The van der Waals surface area contributed by atoms with Crippen LogP contribution in [0.15, 0.2) is 42.5 Å². The number of aryl methyl sites for hydroxylation is 1. The Kier molecular flexibility index (Phi) is 9.02. The number of morpholine rings is 1. The highest BCUT2D eigenvalue weighted by Gasteiger charge is 2.18. The lowest BCUT2D eigenvalue weighted by molar-refractivity contribution is -0.138. The van der Waals surface area contributed by atoms with Crippen molar-refractivity contribution in [3.8, 4) is 11.5 Å². The van der Waals surface area contributed by atoms with Crippen LogP contribution in [0.4, 0.5) is 5.69 Å². The van der Waals surface area contributed by atoms with Crippen molar-refractivity contribution in [1.82, 2.24) is 4.90 Å². The van der Waals surface area contributed by atoms with Gasteiger partial charge in [0.2, 0.25) is 0 Å². The first-order valence-corrected chi connectivity index (χ1v) is 11.0. The first kappa shape index (κ1) is 25.5. The average Bonchev–Trinajstić information content (AvgIpc) is 2.86. The van der Waals surface area contributed by atoms with Gasteiger partial charge in [0.1, 0.15) is 17.3 Å². The Morgan fingerprint density at radius 2 is 1.77 bits per heavy atom. The summed E-state index contributed by atoms with van der Waals surface area (Å²) in [5.41, 5.74) is 6.96. The summed E-state index contributed by atoms with van der Waals surface area (Å²) in [7, 11) is 0. The Labute approximate surface area is 202 Å².